The summed E-state index contributed by atoms with van der Waals surface area (Å²) < 4.78 is 14.4. The number of aliphatic hydroxyl groups is 1. The first-order chi connectivity index (χ1) is 25.6. The molecule has 0 saturated carbocycles. The molecule has 4 heterocycles. The maximum atomic E-state index is 14.9. The maximum Gasteiger partial charge on any atom is 0.269 e. The Kier molecular flexibility index (Phi) is 9.01. The molecule has 1 aromatic heterocycles. The molecule has 4 aromatic carbocycles. The summed E-state index contributed by atoms with van der Waals surface area (Å²) >= 11 is 0. The summed E-state index contributed by atoms with van der Waals surface area (Å²) in [6.45, 7) is 6.46. The van der Waals surface area contributed by atoms with Crippen molar-refractivity contribution in [2.24, 2.45) is 5.92 Å². The highest BCUT2D eigenvalue weighted by Gasteiger charge is 2.66. The quantitative estimate of drug-likeness (QED) is 0.170. The number of carbonyl (C=O) groups is 2. The molecule has 1 fully saturated rings. The Bertz CT molecular complexity index is 2150. The van der Waals surface area contributed by atoms with Crippen molar-refractivity contribution in [1.82, 2.24) is 15.0 Å². The number of hydrogen-bond donors (Lipinski definition) is 2. The molecule has 53 heavy (non-hydrogen) atoms. The number of amides is 2. The Morgan fingerprint density at radius 1 is 0.943 bits per heavy atom. The molecule has 1 unspecified atom stereocenters. The lowest BCUT2D eigenvalue weighted by molar-refractivity contribution is -0.146. The van der Waals surface area contributed by atoms with Crippen molar-refractivity contribution in [2.75, 3.05) is 23.0 Å². The second-order valence-corrected chi connectivity index (χ2v) is 18.7. The predicted octanol–water partition coefficient (Wildman–Crippen LogP) is 5.89. The Morgan fingerprint density at radius 2 is 1.68 bits per heavy atom. The Balaban J connectivity index is 1.07. The van der Waals surface area contributed by atoms with E-state index in [1.165, 1.54) is 0 Å². The molecule has 5 aromatic rings. The molecule has 1 spiro atoms. The van der Waals surface area contributed by atoms with Crippen LogP contribution in [0.1, 0.15) is 41.6 Å². The highest BCUT2D eigenvalue weighted by molar-refractivity contribution is 6.71. The fraction of sp³-hybridized carbons (Fsp3) is 0.317. The number of nitrogens with zero attached hydrogens (tertiary/aromatic N) is 5. The molecule has 2 amide bonds. The third kappa shape index (κ3) is 6.05. The summed E-state index contributed by atoms with van der Waals surface area (Å²) in [5.41, 5.74) is 3.91. The molecule has 0 radical (unpaired) electrons. The SMILES string of the molecule is C[C@H]1[C@H]([Si](C)(C)O)[C@@H](CCn2cc(C(CO)c3ccccc3)nn2)O[C@]12C(=O)N(Cc1cccc(N3C(=O)COc4ccccc43)c1)c1ccccc12. The number of benzene rings is 4. The van der Waals surface area contributed by atoms with Crippen molar-refractivity contribution in [3.05, 3.63) is 132 Å². The fourth-order valence-corrected chi connectivity index (χ4v) is 11.3. The smallest absolute Gasteiger partial charge is 0.269 e. The van der Waals surface area contributed by atoms with Gasteiger partial charge < -0.3 is 24.3 Å². The number of aromatic nitrogens is 3. The van der Waals surface area contributed by atoms with Crippen molar-refractivity contribution >= 4 is 37.2 Å². The number of anilines is 3. The van der Waals surface area contributed by atoms with Crippen molar-refractivity contribution in [3.63, 3.8) is 0 Å². The van der Waals surface area contributed by atoms with E-state index in [-0.39, 0.29) is 48.9 Å². The van der Waals surface area contributed by atoms with Crippen LogP contribution in [0.5, 0.6) is 5.75 Å². The minimum atomic E-state index is -2.88. The van der Waals surface area contributed by atoms with Gasteiger partial charge in [-0.1, -0.05) is 84.9 Å². The molecule has 1 saturated heterocycles. The van der Waals surface area contributed by atoms with E-state index in [4.69, 9.17) is 9.47 Å². The zero-order valence-corrected chi connectivity index (χ0v) is 31.0. The molecular formula is C41H43N5O6Si. The molecule has 8 rings (SSSR count). The van der Waals surface area contributed by atoms with E-state index < -0.39 is 20.0 Å². The number of para-hydroxylation sites is 3. The minimum absolute atomic E-state index is 0.0568. The van der Waals surface area contributed by atoms with Gasteiger partial charge in [-0.3, -0.25) is 19.2 Å². The van der Waals surface area contributed by atoms with Crippen molar-refractivity contribution in [1.29, 1.82) is 0 Å². The van der Waals surface area contributed by atoms with Crippen LogP contribution < -0.4 is 14.5 Å². The first kappa shape index (κ1) is 34.9. The maximum absolute atomic E-state index is 14.9. The second kappa shape index (κ2) is 13.7. The molecule has 11 nitrogen and oxygen atoms in total. The van der Waals surface area contributed by atoms with Crippen LogP contribution >= 0.6 is 0 Å². The summed E-state index contributed by atoms with van der Waals surface area (Å²) in [5.74, 6) is -0.297. The number of fused-ring (bicyclic) bond motifs is 3. The monoisotopic (exact) mass is 729 g/mol. The van der Waals surface area contributed by atoms with Crippen LogP contribution in [-0.2, 0) is 33.0 Å². The average Bonchev–Trinajstić information content (AvgIpc) is 3.82. The minimum Gasteiger partial charge on any atom is -0.482 e. The first-order valence-corrected chi connectivity index (χ1v) is 21.1. The molecule has 3 aliphatic heterocycles. The van der Waals surface area contributed by atoms with Gasteiger partial charge in [0.05, 0.1) is 42.2 Å². The van der Waals surface area contributed by atoms with Crippen LogP contribution in [0.3, 0.4) is 0 Å². The lowest BCUT2D eigenvalue weighted by atomic mass is 9.82. The lowest BCUT2D eigenvalue weighted by Gasteiger charge is -2.32. The second-order valence-electron chi connectivity index (χ2n) is 14.8. The van der Waals surface area contributed by atoms with Crippen molar-refractivity contribution in [3.8, 4) is 5.75 Å². The molecule has 5 atom stereocenters. The Hall–Kier alpha value is -5.14. The van der Waals surface area contributed by atoms with Gasteiger partial charge in [-0.15, -0.1) is 5.10 Å². The molecule has 3 aliphatic rings. The number of aryl methyl sites for hydroxylation is 1. The van der Waals surface area contributed by atoms with Gasteiger partial charge >= 0.3 is 0 Å². The number of carbonyl (C=O) groups excluding carboxylic acids is 2. The van der Waals surface area contributed by atoms with Crippen molar-refractivity contribution < 1.29 is 29.0 Å². The first-order valence-electron chi connectivity index (χ1n) is 18.1. The third-order valence-electron chi connectivity index (χ3n) is 11.0. The summed E-state index contributed by atoms with van der Waals surface area (Å²) in [4.78, 5) is 43.2. The standard InChI is InChI=1S/C41H43N5O6Si/c1-27-39(53(2,3)50)37(20-21-44-24-33(42-43-44)31(25-47)29-13-5-4-6-14-29)52-41(27)32-16-7-8-17-34(32)45(40(41)49)23-28-12-11-15-30(22-28)46-35-18-9-10-19-36(35)51-26-38(46)48/h4-19,22,24,27,31,37,39,47,50H,20-21,23,25-26H2,1-3H3/t27-,31?,37+,39-,41+/m0/s1. The summed E-state index contributed by atoms with van der Waals surface area (Å²) in [6.07, 6.45) is 1.95. The third-order valence-corrected chi connectivity index (χ3v) is 13.6. The molecular weight excluding hydrogens is 687 g/mol. The Morgan fingerprint density at radius 3 is 2.45 bits per heavy atom. The van der Waals surface area contributed by atoms with E-state index in [9.17, 15) is 19.5 Å². The van der Waals surface area contributed by atoms with Gasteiger partial charge in [-0.05, 0) is 61.0 Å². The van der Waals surface area contributed by atoms with Crippen LogP contribution in [0.25, 0.3) is 0 Å². The number of rotatable bonds is 10. The van der Waals surface area contributed by atoms with Crippen molar-refractivity contribution in [2.45, 2.75) is 62.7 Å². The van der Waals surface area contributed by atoms with Gasteiger partial charge in [0.2, 0.25) is 0 Å². The van der Waals surface area contributed by atoms with Gasteiger partial charge in [-0.25, -0.2) is 0 Å². The summed E-state index contributed by atoms with van der Waals surface area (Å²) in [7, 11) is -2.88. The van der Waals surface area contributed by atoms with Crippen LogP contribution in [0.4, 0.5) is 17.1 Å². The highest BCUT2D eigenvalue weighted by Crippen LogP contribution is 2.59. The van der Waals surface area contributed by atoms with Crippen LogP contribution in [0.2, 0.25) is 18.6 Å². The highest BCUT2D eigenvalue weighted by atomic mass is 28.4. The van der Waals surface area contributed by atoms with Gasteiger partial charge in [0, 0.05) is 35.5 Å². The molecule has 272 valence electrons. The van der Waals surface area contributed by atoms with E-state index in [1.54, 1.807) is 14.5 Å². The van der Waals surface area contributed by atoms with Crippen LogP contribution in [-0.4, -0.2) is 64.3 Å². The predicted molar refractivity (Wildman–Crippen MR) is 202 cm³/mol. The van der Waals surface area contributed by atoms with Crippen LogP contribution in [0.15, 0.2) is 109 Å². The van der Waals surface area contributed by atoms with E-state index in [0.717, 1.165) is 22.4 Å². The van der Waals surface area contributed by atoms with Gasteiger partial charge in [0.25, 0.3) is 11.8 Å². The summed E-state index contributed by atoms with van der Waals surface area (Å²) in [6, 6.07) is 32.7. The van der Waals surface area contributed by atoms with E-state index in [2.05, 4.69) is 10.3 Å². The molecule has 0 aliphatic carbocycles. The number of ether oxygens (including phenoxy) is 2. The molecule has 2 N–H and O–H groups in total. The van der Waals surface area contributed by atoms with Gasteiger partial charge in [0.15, 0.2) is 20.5 Å². The summed E-state index contributed by atoms with van der Waals surface area (Å²) in [5, 5.41) is 18.9. The Labute approximate surface area is 309 Å². The fourth-order valence-electron chi connectivity index (χ4n) is 8.72. The normalized spacial score (nSPS) is 22.9. The zero-order valence-electron chi connectivity index (χ0n) is 30.0. The number of aliphatic hydroxyl groups excluding tert-OH is 1. The lowest BCUT2D eigenvalue weighted by Crippen LogP contribution is -2.46. The van der Waals surface area contributed by atoms with E-state index in [0.29, 0.717) is 35.8 Å². The zero-order chi connectivity index (χ0) is 36.9. The van der Waals surface area contributed by atoms with Crippen LogP contribution in [0, 0.1) is 5.92 Å². The largest absolute Gasteiger partial charge is 0.482 e. The molecule has 12 heteroatoms. The topological polar surface area (TPSA) is 130 Å². The van der Waals surface area contributed by atoms with Gasteiger partial charge in [0.1, 0.15) is 5.75 Å². The number of hydrogen-bond acceptors (Lipinski definition) is 8. The average molecular weight is 730 g/mol. The van der Waals surface area contributed by atoms with E-state index >= 15 is 0 Å². The molecule has 0 bridgehead atoms. The van der Waals surface area contributed by atoms with Gasteiger partial charge in [-0.2, -0.15) is 0 Å². The van der Waals surface area contributed by atoms with E-state index in [1.807, 2.05) is 129 Å².